The highest BCUT2D eigenvalue weighted by Crippen LogP contribution is 2.31. The summed E-state index contributed by atoms with van der Waals surface area (Å²) in [4.78, 5) is 46.9. The number of carbonyl (C=O) groups is 3. The van der Waals surface area contributed by atoms with Gasteiger partial charge < -0.3 is 9.88 Å². The lowest BCUT2D eigenvalue weighted by Crippen LogP contribution is -2.41. The van der Waals surface area contributed by atoms with Crippen LogP contribution in [0.25, 0.3) is 11.0 Å². The van der Waals surface area contributed by atoms with Crippen LogP contribution in [0.2, 0.25) is 0 Å². The number of H-pyrrole nitrogens is 1. The number of hydrogen-bond donors (Lipinski definition) is 1. The van der Waals surface area contributed by atoms with E-state index in [9.17, 15) is 14.4 Å². The van der Waals surface area contributed by atoms with Crippen molar-refractivity contribution in [2.45, 2.75) is 30.4 Å². The molecule has 2 aliphatic rings. The standard InChI is InChI=1S/C18H20N4O3S/c1-21-17(24)14(26-18(21)25)9-15(23)22-7-3-5-12(10-22)13-8-11-4-2-6-19-16(11)20-13/h2,4,6,8,12,14H,3,5,7,9-10H2,1H3,(H,19,20)/t12-,14+/m1/s1. The third-order valence-electron chi connectivity index (χ3n) is 5.11. The van der Waals surface area contributed by atoms with Crippen molar-refractivity contribution in [2.75, 3.05) is 20.1 Å². The number of pyridine rings is 1. The number of carbonyl (C=O) groups excluding carboxylic acids is 3. The van der Waals surface area contributed by atoms with Crippen molar-refractivity contribution in [2.24, 2.45) is 0 Å². The fraction of sp³-hybridized carbons (Fsp3) is 0.444. The Morgan fingerprint density at radius 1 is 1.42 bits per heavy atom. The first-order valence-electron chi connectivity index (χ1n) is 8.72. The van der Waals surface area contributed by atoms with E-state index in [0.717, 1.165) is 46.2 Å². The Balaban J connectivity index is 1.44. The number of hydrogen-bond acceptors (Lipinski definition) is 5. The number of fused-ring (bicyclic) bond motifs is 1. The third-order valence-corrected chi connectivity index (χ3v) is 6.24. The van der Waals surface area contributed by atoms with Crippen LogP contribution in [0.15, 0.2) is 24.4 Å². The molecule has 136 valence electrons. The molecule has 0 aromatic carbocycles. The first-order valence-corrected chi connectivity index (χ1v) is 9.60. The lowest BCUT2D eigenvalue weighted by molar-refractivity contribution is -0.135. The van der Waals surface area contributed by atoms with Crippen molar-refractivity contribution >= 4 is 39.8 Å². The fourth-order valence-electron chi connectivity index (χ4n) is 3.63. The maximum Gasteiger partial charge on any atom is 0.288 e. The summed E-state index contributed by atoms with van der Waals surface area (Å²) in [5.41, 5.74) is 1.96. The Hall–Kier alpha value is -2.35. The zero-order valence-corrected chi connectivity index (χ0v) is 15.3. The van der Waals surface area contributed by atoms with E-state index in [-0.39, 0.29) is 29.4 Å². The Bertz CT molecular complexity index is 847. The molecule has 2 fully saturated rings. The summed E-state index contributed by atoms with van der Waals surface area (Å²) in [6.45, 7) is 1.32. The van der Waals surface area contributed by atoms with Gasteiger partial charge in [0.05, 0.1) is 0 Å². The normalized spacial score (nSPS) is 23.9. The number of aromatic amines is 1. The lowest BCUT2D eigenvalue weighted by atomic mass is 9.94. The highest BCUT2D eigenvalue weighted by Gasteiger charge is 2.39. The van der Waals surface area contributed by atoms with Crippen LogP contribution >= 0.6 is 11.8 Å². The first kappa shape index (κ1) is 17.1. The van der Waals surface area contributed by atoms with Crippen LogP contribution in [0.5, 0.6) is 0 Å². The molecule has 3 amide bonds. The Morgan fingerprint density at radius 2 is 2.27 bits per heavy atom. The summed E-state index contributed by atoms with van der Waals surface area (Å²) >= 11 is 0.950. The number of thioether (sulfide) groups is 1. The quantitative estimate of drug-likeness (QED) is 0.894. The van der Waals surface area contributed by atoms with Gasteiger partial charge in [-0.25, -0.2) is 4.98 Å². The molecule has 1 N–H and O–H groups in total. The van der Waals surface area contributed by atoms with Crippen LogP contribution in [0.1, 0.15) is 30.9 Å². The van der Waals surface area contributed by atoms with E-state index in [2.05, 4.69) is 16.0 Å². The number of aromatic nitrogens is 2. The highest BCUT2D eigenvalue weighted by atomic mass is 32.2. The van der Waals surface area contributed by atoms with Crippen molar-refractivity contribution in [3.05, 3.63) is 30.1 Å². The van der Waals surface area contributed by atoms with Crippen molar-refractivity contribution in [1.29, 1.82) is 0 Å². The van der Waals surface area contributed by atoms with Crippen molar-refractivity contribution < 1.29 is 14.4 Å². The molecule has 26 heavy (non-hydrogen) atoms. The monoisotopic (exact) mass is 372 g/mol. The number of rotatable bonds is 3. The van der Waals surface area contributed by atoms with E-state index < -0.39 is 5.25 Å². The zero-order chi connectivity index (χ0) is 18.3. The molecule has 2 aliphatic heterocycles. The molecule has 4 rings (SSSR count). The predicted molar refractivity (Wildman–Crippen MR) is 98.8 cm³/mol. The smallest absolute Gasteiger partial charge is 0.288 e. The molecule has 7 nitrogen and oxygen atoms in total. The van der Waals surface area contributed by atoms with Gasteiger partial charge in [0.1, 0.15) is 10.9 Å². The van der Waals surface area contributed by atoms with Crippen molar-refractivity contribution in [1.82, 2.24) is 19.8 Å². The van der Waals surface area contributed by atoms with Crippen LogP contribution in [-0.2, 0) is 9.59 Å². The maximum atomic E-state index is 12.7. The van der Waals surface area contributed by atoms with Gasteiger partial charge in [0, 0.05) is 49.8 Å². The second-order valence-electron chi connectivity index (χ2n) is 6.82. The van der Waals surface area contributed by atoms with Gasteiger partial charge in [0.15, 0.2) is 0 Å². The van der Waals surface area contributed by atoms with Gasteiger partial charge in [-0.05, 0) is 31.0 Å². The number of amides is 3. The molecule has 2 saturated heterocycles. The second kappa shape index (κ2) is 6.75. The molecule has 8 heteroatoms. The number of piperidine rings is 1. The molecule has 0 aliphatic carbocycles. The topological polar surface area (TPSA) is 86.4 Å². The Morgan fingerprint density at radius 3 is 3.00 bits per heavy atom. The van der Waals surface area contributed by atoms with Crippen LogP contribution in [-0.4, -0.2) is 62.2 Å². The first-order chi connectivity index (χ1) is 12.5. The number of nitrogens with zero attached hydrogens (tertiary/aromatic N) is 3. The molecule has 2 atom stereocenters. The largest absolute Gasteiger partial charge is 0.343 e. The van der Waals surface area contributed by atoms with Crippen LogP contribution in [0, 0.1) is 0 Å². The Labute approximate surface area is 155 Å². The number of likely N-dealkylation sites (tertiary alicyclic amines) is 1. The average molecular weight is 372 g/mol. The van der Waals surface area contributed by atoms with Gasteiger partial charge >= 0.3 is 0 Å². The molecule has 0 bridgehead atoms. The molecule has 2 aromatic heterocycles. The summed E-state index contributed by atoms with van der Waals surface area (Å²) in [5, 5.41) is 0.202. The van der Waals surface area contributed by atoms with Gasteiger partial charge in [0.25, 0.3) is 5.24 Å². The van der Waals surface area contributed by atoms with E-state index in [1.54, 1.807) is 6.20 Å². The molecule has 4 heterocycles. The van der Waals surface area contributed by atoms with E-state index in [1.807, 2.05) is 17.0 Å². The summed E-state index contributed by atoms with van der Waals surface area (Å²) in [7, 11) is 1.46. The van der Waals surface area contributed by atoms with E-state index in [1.165, 1.54) is 7.05 Å². The van der Waals surface area contributed by atoms with Gasteiger partial charge in [0.2, 0.25) is 11.8 Å². The highest BCUT2D eigenvalue weighted by molar-refractivity contribution is 8.15. The third kappa shape index (κ3) is 3.09. The van der Waals surface area contributed by atoms with Gasteiger partial charge in [-0.1, -0.05) is 11.8 Å². The van der Waals surface area contributed by atoms with Gasteiger partial charge in [-0.2, -0.15) is 0 Å². The molecular formula is C18H20N4O3S. The van der Waals surface area contributed by atoms with E-state index in [0.29, 0.717) is 13.1 Å². The van der Waals surface area contributed by atoms with Crippen LogP contribution in [0.4, 0.5) is 4.79 Å². The minimum absolute atomic E-state index is 0.0575. The van der Waals surface area contributed by atoms with Crippen molar-refractivity contribution in [3.63, 3.8) is 0 Å². The fourth-order valence-corrected chi connectivity index (χ4v) is 4.61. The molecule has 0 radical (unpaired) electrons. The molecule has 2 aromatic rings. The minimum atomic E-state index is -0.586. The van der Waals surface area contributed by atoms with Gasteiger partial charge in [-0.15, -0.1) is 0 Å². The Kier molecular flexibility index (Phi) is 4.44. The van der Waals surface area contributed by atoms with Crippen LogP contribution < -0.4 is 0 Å². The summed E-state index contributed by atoms with van der Waals surface area (Å²) < 4.78 is 0. The summed E-state index contributed by atoms with van der Waals surface area (Å²) in [5.74, 6) is -0.0976. The number of imide groups is 1. The lowest BCUT2D eigenvalue weighted by Gasteiger charge is -2.32. The van der Waals surface area contributed by atoms with E-state index in [4.69, 9.17) is 0 Å². The predicted octanol–water partition coefficient (Wildman–Crippen LogP) is 2.35. The SMILES string of the molecule is CN1C(=O)S[C@@H](CC(=O)N2CCC[C@@H](c3cc4cccnc4[nH]3)C2)C1=O. The maximum absolute atomic E-state index is 12.7. The summed E-state index contributed by atoms with van der Waals surface area (Å²) in [6.07, 6.45) is 3.77. The number of nitrogens with one attached hydrogen (secondary N) is 1. The minimum Gasteiger partial charge on any atom is -0.343 e. The molecular weight excluding hydrogens is 352 g/mol. The average Bonchev–Trinajstić information content (AvgIpc) is 3.19. The zero-order valence-electron chi connectivity index (χ0n) is 14.5. The summed E-state index contributed by atoms with van der Waals surface area (Å²) in [6, 6.07) is 6.03. The van der Waals surface area contributed by atoms with Crippen molar-refractivity contribution in [3.8, 4) is 0 Å². The second-order valence-corrected chi connectivity index (χ2v) is 7.97. The van der Waals surface area contributed by atoms with Crippen LogP contribution in [0.3, 0.4) is 0 Å². The molecule has 0 spiro atoms. The molecule has 0 unspecified atom stereocenters. The molecule has 0 saturated carbocycles. The van der Waals surface area contributed by atoms with E-state index >= 15 is 0 Å². The van der Waals surface area contributed by atoms with Gasteiger partial charge in [-0.3, -0.25) is 19.3 Å².